The quantitative estimate of drug-likeness (QED) is 0.708. The Labute approximate surface area is 103 Å². The highest BCUT2D eigenvalue weighted by Crippen LogP contribution is 2.09. The number of unbranched alkanes of at least 4 members (excludes halogenated alkanes) is 1. The molecule has 0 aliphatic heterocycles. The van der Waals surface area contributed by atoms with Crippen LogP contribution in [0.5, 0.6) is 0 Å². The molecule has 0 bridgehead atoms. The SMILES string of the molecule is Cc1ccccc1CCC(=O)NCCCCO. The smallest absolute Gasteiger partial charge is 0.220 e. The number of carbonyl (C=O) groups is 1. The number of aliphatic hydroxyl groups excluding tert-OH is 1. The van der Waals surface area contributed by atoms with E-state index in [2.05, 4.69) is 24.4 Å². The van der Waals surface area contributed by atoms with Crippen LogP contribution in [0.3, 0.4) is 0 Å². The molecule has 0 saturated carbocycles. The van der Waals surface area contributed by atoms with Gasteiger partial charge in [-0.2, -0.15) is 0 Å². The molecule has 0 aliphatic carbocycles. The van der Waals surface area contributed by atoms with Crippen molar-refractivity contribution in [1.82, 2.24) is 5.32 Å². The van der Waals surface area contributed by atoms with Crippen molar-refractivity contribution in [3.05, 3.63) is 35.4 Å². The van der Waals surface area contributed by atoms with Gasteiger partial charge in [0.15, 0.2) is 0 Å². The molecule has 1 aromatic carbocycles. The summed E-state index contributed by atoms with van der Waals surface area (Å²) in [7, 11) is 0. The maximum Gasteiger partial charge on any atom is 0.220 e. The predicted molar refractivity (Wildman–Crippen MR) is 68.8 cm³/mol. The molecule has 0 unspecified atom stereocenters. The lowest BCUT2D eigenvalue weighted by atomic mass is 10.0. The predicted octanol–water partition coefficient (Wildman–Crippen LogP) is 1.82. The van der Waals surface area contributed by atoms with Crippen LogP contribution in [-0.4, -0.2) is 24.2 Å². The molecule has 0 aromatic heterocycles. The number of hydrogen-bond acceptors (Lipinski definition) is 2. The monoisotopic (exact) mass is 235 g/mol. The summed E-state index contributed by atoms with van der Waals surface area (Å²) in [6.07, 6.45) is 2.91. The Morgan fingerprint density at radius 3 is 2.76 bits per heavy atom. The third-order valence-electron chi connectivity index (χ3n) is 2.79. The van der Waals surface area contributed by atoms with Crippen molar-refractivity contribution in [1.29, 1.82) is 0 Å². The Hall–Kier alpha value is -1.35. The van der Waals surface area contributed by atoms with Gasteiger partial charge in [-0.1, -0.05) is 24.3 Å². The number of nitrogens with one attached hydrogen (secondary N) is 1. The first-order valence-corrected chi connectivity index (χ1v) is 6.16. The maximum atomic E-state index is 11.5. The van der Waals surface area contributed by atoms with Gasteiger partial charge >= 0.3 is 0 Å². The zero-order chi connectivity index (χ0) is 12.5. The molecular weight excluding hydrogens is 214 g/mol. The Kier molecular flexibility index (Phi) is 6.33. The Balaban J connectivity index is 2.22. The molecule has 0 saturated heterocycles. The molecule has 0 spiro atoms. The van der Waals surface area contributed by atoms with E-state index in [1.165, 1.54) is 11.1 Å². The van der Waals surface area contributed by atoms with Crippen molar-refractivity contribution in [2.75, 3.05) is 13.2 Å². The second kappa shape index (κ2) is 7.85. The van der Waals surface area contributed by atoms with Gasteiger partial charge in [-0.3, -0.25) is 4.79 Å². The number of rotatable bonds is 7. The molecule has 3 nitrogen and oxygen atoms in total. The first-order chi connectivity index (χ1) is 8.24. The van der Waals surface area contributed by atoms with Crippen LogP contribution in [0.15, 0.2) is 24.3 Å². The van der Waals surface area contributed by atoms with E-state index in [0.717, 1.165) is 19.3 Å². The average molecular weight is 235 g/mol. The average Bonchev–Trinajstić information content (AvgIpc) is 2.34. The maximum absolute atomic E-state index is 11.5. The standard InChI is InChI=1S/C14H21NO2/c1-12-6-2-3-7-13(12)8-9-14(17)15-10-4-5-11-16/h2-3,6-7,16H,4-5,8-11H2,1H3,(H,15,17). The number of amides is 1. The highest BCUT2D eigenvalue weighted by Gasteiger charge is 2.03. The number of carbonyl (C=O) groups excluding carboxylic acids is 1. The summed E-state index contributed by atoms with van der Waals surface area (Å²) in [4.78, 5) is 11.5. The number of hydrogen-bond donors (Lipinski definition) is 2. The molecule has 3 heteroatoms. The zero-order valence-corrected chi connectivity index (χ0v) is 10.4. The van der Waals surface area contributed by atoms with E-state index in [9.17, 15) is 4.79 Å². The number of benzene rings is 1. The fraction of sp³-hybridized carbons (Fsp3) is 0.500. The van der Waals surface area contributed by atoms with Gasteiger partial charge in [-0.15, -0.1) is 0 Å². The van der Waals surface area contributed by atoms with Crippen LogP contribution >= 0.6 is 0 Å². The minimum Gasteiger partial charge on any atom is -0.396 e. The highest BCUT2D eigenvalue weighted by atomic mass is 16.2. The van der Waals surface area contributed by atoms with Gasteiger partial charge in [0.25, 0.3) is 0 Å². The lowest BCUT2D eigenvalue weighted by molar-refractivity contribution is -0.121. The fourth-order valence-corrected chi connectivity index (χ4v) is 1.69. The van der Waals surface area contributed by atoms with Gasteiger partial charge in [-0.25, -0.2) is 0 Å². The third kappa shape index (κ3) is 5.50. The van der Waals surface area contributed by atoms with Crippen LogP contribution in [-0.2, 0) is 11.2 Å². The first kappa shape index (κ1) is 13.7. The molecule has 0 aliphatic rings. The summed E-state index contributed by atoms with van der Waals surface area (Å²) in [5, 5.41) is 11.5. The summed E-state index contributed by atoms with van der Waals surface area (Å²) in [5.41, 5.74) is 2.47. The van der Waals surface area contributed by atoms with Gasteiger partial charge in [0, 0.05) is 19.6 Å². The molecule has 0 heterocycles. The molecule has 94 valence electrons. The summed E-state index contributed by atoms with van der Waals surface area (Å²) in [5.74, 6) is 0.0891. The fourth-order valence-electron chi connectivity index (χ4n) is 1.69. The summed E-state index contributed by atoms with van der Waals surface area (Å²) >= 11 is 0. The largest absolute Gasteiger partial charge is 0.396 e. The van der Waals surface area contributed by atoms with Crippen molar-refractivity contribution in [3.63, 3.8) is 0 Å². The van der Waals surface area contributed by atoms with Crippen molar-refractivity contribution in [2.45, 2.75) is 32.6 Å². The molecule has 0 atom stereocenters. The van der Waals surface area contributed by atoms with Crippen LogP contribution in [0.4, 0.5) is 0 Å². The molecule has 17 heavy (non-hydrogen) atoms. The summed E-state index contributed by atoms with van der Waals surface area (Å²) < 4.78 is 0. The molecule has 0 fully saturated rings. The van der Waals surface area contributed by atoms with Crippen molar-refractivity contribution in [2.24, 2.45) is 0 Å². The number of aryl methyl sites for hydroxylation is 2. The molecule has 1 rings (SSSR count). The van der Waals surface area contributed by atoms with E-state index in [1.807, 2.05) is 12.1 Å². The lowest BCUT2D eigenvalue weighted by Gasteiger charge is -2.06. The van der Waals surface area contributed by atoms with Crippen molar-refractivity contribution in [3.8, 4) is 0 Å². The van der Waals surface area contributed by atoms with Crippen LogP contribution in [0, 0.1) is 6.92 Å². The van der Waals surface area contributed by atoms with Gasteiger partial charge < -0.3 is 10.4 Å². The Bertz CT molecular complexity index is 350. The molecular formula is C14H21NO2. The molecule has 0 radical (unpaired) electrons. The topological polar surface area (TPSA) is 49.3 Å². The number of aliphatic hydroxyl groups is 1. The minimum atomic E-state index is 0.0891. The second-order valence-corrected chi connectivity index (χ2v) is 4.21. The zero-order valence-electron chi connectivity index (χ0n) is 10.4. The second-order valence-electron chi connectivity index (χ2n) is 4.21. The molecule has 1 aromatic rings. The van der Waals surface area contributed by atoms with Crippen LogP contribution in [0.1, 0.15) is 30.4 Å². The van der Waals surface area contributed by atoms with E-state index >= 15 is 0 Å². The van der Waals surface area contributed by atoms with E-state index in [1.54, 1.807) is 0 Å². The normalized spacial score (nSPS) is 10.2. The minimum absolute atomic E-state index is 0.0891. The highest BCUT2D eigenvalue weighted by molar-refractivity contribution is 5.76. The molecule has 2 N–H and O–H groups in total. The first-order valence-electron chi connectivity index (χ1n) is 6.16. The van der Waals surface area contributed by atoms with Crippen molar-refractivity contribution < 1.29 is 9.90 Å². The van der Waals surface area contributed by atoms with Crippen LogP contribution in [0.2, 0.25) is 0 Å². The van der Waals surface area contributed by atoms with Crippen molar-refractivity contribution >= 4 is 5.91 Å². The molecule has 1 amide bonds. The lowest BCUT2D eigenvalue weighted by Crippen LogP contribution is -2.24. The summed E-state index contributed by atoms with van der Waals surface area (Å²) in [6, 6.07) is 8.14. The van der Waals surface area contributed by atoms with E-state index in [4.69, 9.17) is 5.11 Å². The summed E-state index contributed by atoms with van der Waals surface area (Å²) in [6.45, 7) is 2.92. The van der Waals surface area contributed by atoms with E-state index < -0.39 is 0 Å². The van der Waals surface area contributed by atoms with Gasteiger partial charge in [0.05, 0.1) is 0 Å². The van der Waals surface area contributed by atoms with Gasteiger partial charge in [0.1, 0.15) is 0 Å². The Morgan fingerprint density at radius 2 is 2.06 bits per heavy atom. The van der Waals surface area contributed by atoms with Crippen LogP contribution < -0.4 is 5.32 Å². The van der Waals surface area contributed by atoms with Gasteiger partial charge in [-0.05, 0) is 37.3 Å². The van der Waals surface area contributed by atoms with E-state index in [0.29, 0.717) is 13.0 Å². The van der Waals surface area contributed by atoms with E-state index in [-0.39, 0.29) is 12.5 Å². The Morgan fingerprint density at radius 1 is 1.29 bits per heavy atom. The van der Waals surface area contributed by atoms with Crippen LogP contribution in [0.25, 0.3) is 0 Å². The van der Waals surface area contributed by atoms with Gasteiger partial charge in [0.2, 0.25) is 5.91 Å². The third-order valence-corrected chi connectivity index (χ3v) is 2.79.